The number of carbonyl (C=O) groups is 1. The molecule has 1 spiro atoms. The first-order chi connectivity index (χ1) is 8.77. The van der Waals surface area contributed by atoms with Crippen molar-refractivity contribution < 1.29 is 4.79 Å². The average Bonchev–Trinajstić information content (AvgIpc) is 2.68. The summed E-state index contributed by atoms with van der Waals surface area (Å²) in [6, 6.07) is 0. The fourth-order valence-corrected chi connectivity index (χ4v) is 4.12. The van der Waals surface area contributed by atoms with Gasteiger partial charge >= 0.3 is 0 Å². The Balaban J connectivity index is 1.58. The zero-order valence-electron chi connectivity index (χ0n) is 11.4. The fraction of sp³-hybridized carbons (Fsp3) is 0.933. The van der Waals surface area contributed by atoms with Gasteiger partial charge in [0.05, 0.1) is 0 Å². The van der Waals surface area contributed by atoms with Gasteiger partial charge in [0.2, 0.25) is 5.91 Å². The van der Waals surface area contributed by atoms with E-state index in [0.29, 0.717) is 11.3 Å². The summed E-state index contributed by atoms with van der Waals surface area (Å²) in [6.07, 6.45) is 10.1. The highest BCUT2D eigenvalue weighted by molar-refractivity contribution is 5.79. The molecule has 1 saturated carbocycles. The van der Waals surface area contributed by atoms with Crippen LogP contribution < -0.4 is 5.32 Å². The van der Waals surface area contributed by atoms with Crippen molar-refractivity contribution >= 4 is 5.91 Å². The van der Waals surface area contributed by atoms with Crippen LogP contribution >= 0.6 is 0 Å². The van der Waals surface area contributed by atoms with Gasteiger partial charge in [0.25, 0.3) is 0 Å². The van der Waals surface area contributed by atoms with E-state index in [0.717, 1.165) is 38.5 Å². The largest absolute Gasteiger partial charge is 0.342 e. The van der Waals surface area contributed by atoms with Crippen LogP contribution in [0.1, 0.15) is 51.4 Å². The minimum Gasteiger partial charge on any atom is -0.342 e. The smallest absolute Gasteiger partial charge is 0.223 e. The Kier molecular flexibility index (Phi) is 3.60. The molecule has 0 aromatic rings. The van der Waals surface area contributed by atoms with Crippen LogP contribution in [0.4, 0.5) is 0 Å². The van der Waals surface area contributed by atoms with Crippen LogP contribution in [0.15, 0.2) is 0 Å². The van der Waals surface area contributed by atoms with Crippen LogP contribution in [0.3, 0.4) is 0 Å². The van der Waals surface area contributed by atoms with E-state index >= 15 is 0 Å². The Morgan fingerprint density at radius 3 is 2.61 bits per heavy atom. The molecule has 0 unspecified atom stereocenters. The zero-order chi connectivity index (χ0) is 12.4. The minimum atomic E-state index is 0.330. The van der Waals surface area contributed by atoms with E-state index in [2.05, 4.69) is 10.2 Å². The number of nitrogens with zero attached hydrogens (tertiary/aromatic N) is 1. The first-order valence-corrected chi connectivity index (χ1v) is 7.76. The Labute approximate surface area is 110 Å². The van der Waals surface area contributed by atoms with Gasteiger partial charge in [-0.05, 0) is 50.1 Å². The second-order valence-corrected chi connectivity index (χ2v) is 6.71. The second kappa shape index (κ2) is 5.20. The standard InChI is InChI=1S/C15H26N2O/c18-14-10-15(6-8-16-9-7-15)12-17(14)11-13-4-2-1-3-5-13/h13,16H,1-12H2. The van der Waals surface area contributed by atoms with Crippen molar-refractivity contribution in [3.63, 3.8) is 0 Å². The lowest BCUT2D eigenvalue weighted by Crippen LogP contribution is -2.39. The lowest BCUT2D eigenvalue weighted by molar-refractivity contribution is -0.128. The van der Waals surface area contributed by atoms with Gasteiger partial charge in [-0.1, -0.05) is 19.3 Å². The number of hydrogen-bond donors (Lipinski definition) is 1. The molecule has 3 nitrogen and oxygen atoms in total. The summed E-state index contributed by atoms with van der Waals surface area (Å²) in [4.78, 5) is 14.4. The number of carbonyl (C=O) groups excluding carboxylic acids is 1. The molecule has 102 valence electrons. The Bertz CT molecular complexity index is 304. The van der Waals surface area contributed by atoms with E-state index in [4.69, 9.17) is 0 Å². The fourth-order valence-electron chi connectivity index (χ4n) is 4.12. The summed E-state index contributed by atoms with van der Waals surface area (Å²) >= 11 is 0. The van der Waals surface area contributed by atoms with Gasteiger partial charge in [0, 0.05) is 19.5 Å². The molecule has 0 atom stereocenters. The van der Waals surface area contributed by atoms with E-state index < -0.39 is 0 Å². The summed E-state index contributed by atoms with van der Waals surface area (Å²) in [6.45, 7) is 4.30. The van der Waals surface area contributed by atoms with Crippen LogP contribution in [-0.2, 0) is 4.79 Å². The molecule has 1 amide bonds. The van der Waals surface area contributed by atoms with Crippen LogP contribution in [0.5, 0.6) is 0 Å². The highest BCUT2D eigenvalue weighted by Crippen LogP contribution is 2.40. The number of rotatable bonds is 2. The molecule has 3 rings (SSSR count). The molecule has 3 heteroatoms. The monoisotopic (exact) mass is 250 g/mol. The molecule has 18 heavy (non-hydrogen) atoms. The number of likely N-dealkylation sites (tertiary alicyclic amines) is 1. The predicted octanol–water partition coefficient (Wildman–Crippen LogP) is 2.17. The molecule has 0 aromatic heterocycles. The van der Waals surface area contributed by atoms with Crippen LogP contribution in [0, 0.1) is 11.3 Å². The summed E-state index contributed by atoms with van der Waals surface area (Å²) in [5, 5.41) is 3.42. The van der Waals surface area contributed by atoms with Crippen molar-refractivity contribution in [1.29, 1.82) is 0 Å². The molecule has 2 aliphatic heterocycles. The topological polar surface area (TPSA) is 32.3 Å². The van der Waals surface area contributed by atoms with Gasteiger partial charge in [-0.15, -0.1) is 0 Å². The molecule has 0 aromatic carbocycles. The van der Waals surface area contributed by atoms with Gasteiger partial charge in [-0.2, -0.15) is 0 Å². The molecule has 2 saturated heterocycles. The van der Waals surface area contributed by atoms with Gasteiger partial charge in [-0.25, -0.2) is 0 Å². The van der Waals surface area contributed by atoms with Gasteiger partial charge in [-0.3, -0.25) is 4.79 Å². The van der Waals surface area contributed by atoms with Crippen molar-refractivity contribution in [2.75, 3.05) is 26.2 Å². The number of hydrogen-bond acceptors (Lipinski definition) is 2. The number of nitrogens with one attached hydrogen (secondary N) is 1. The van der Waals surface area contributed by atoms with Crippen molar-refractivity contribution in [1.82, 2.24) is 10.2 Å². The number of amides is 1. The lowest BCUT2D eigenvalue weighted by Gasteiger charge is -2.34. The molecule has 1 N–H and O–H groups in total. The maximum absolute atomic E-state index is 12.2. The van der Waals surface area contributed by atoms with Crippen LogP contribution in [0.2, 0.25) is 0 Å². The number of piperidine rings is 1. The molecule has 2 heterocycles. The lowest BCUT2D eigenvalue weighted by atomic mass is 9.78. The molecule has 1 aliphatic carbocycles. The summed E-state index contributed by atoms with van der Waals surface area (Å²) in [5.74, 6) is 1.22. The van der Waals surface area contributed by atoms with E-state index in [1.165, 1.54) is 44.9 Å². The van der Waals surface area contributed by atoms with E-state index in [9.17, 15) is 4.79 Å². The Hall–Kier alpha value is -0.570. The molecule has 3 aliphatic rings. The summed E-state index contributed by atoms with van der Waals surface area (Å²) < 4.78 is 0. The van der Waals surface area contributed by atoms with Gasteiger partial charge < -0.3 is 10.2 Å². The third-order valence-electron chi connectivity index (χ3n) is 5.27. The average molecular weight is 250 g/mol. The maximum atomic E-state index is 12.2. The minimum absolute atomic E-state index is 0.330. The van der Waals surface area contributed by atoms with Crippen molar-refractivity contribution in [3.8, 4) is 0 Å². The first-order valence-electron chi connectivity index (χ1n) is 7.76. The summed E-state index contributed by atoms with van der Waals surface area (Å²) in [5.41, 5.74) is 0.330. The maximum Gasteiger partial charge on any atom is 0.223 e. The molecular weight excluding hydrogens is 224 g/mol. The van der Waals surface area contributed by atoms with Gasteiger partial charge in [0.1, 0.15) is 0 Å². The third-order valence-corrected chi connectivity index (χ3v) is 5.27. The SMILES string of the molecule is O=C1CC2(CCNCC2)CN1CC1CCCCC1. The molecule has 3 fully saturated rings. The first kappa shape index (κ1) is 12.5. The molecule has 0 bridgehead atoms. The predicted molar refractivity (Wildman–Crippen MR) is 72.3 cm³/mol. The van der Waals surface area contributed by atoms with E-state index in [-0.39, 0.29) is 0 Å². The van der Waals surface area contributed by atoms with Gasteiger partial charge in [0.15, 0.2) is 0 Å². The van der Waals surface area contributed by atoms with Crippen molar-refractivity contribution in [2.45, 2.75) is 51.4 Å². The van der Waals surface area contributed by atoms with E-state index in [1.807, 2.05) is 0 Å². The van der Waals surface area contributed by atoms with Crippen molar-refractivity contribution in [2.24, 2.45) is 11.3 Å². The molecule has 0 radical (unpaired) electrons. The summed E-state index contributed by atoms with van der Waals surface area (Å²) in [7, 11) is 0. The Morgan fingerprint density at radius 2 is 1.89 bits per heavy atom. The normalized spacial score (nSPS) is 29.1. The van der Waals surface area contributed by atoms with Crippen molar-refractivity contribution in [3.05, 3.63) is 0 Å². The van der Waals surface area contributed by atoms with Crippen LogP contribution in [0.25, 0.3) is 0 Å². The van der Waals surface area contributed by atoms with E-state index in [1.54, 1.807) is 0 Å². The molecular formula is C15H26N2O. The highest BCUT2D eigenvalue weighted by atomic mass is 16.2. The third kappa shape index (κ3) is 2.56. The zero-order valence-corrected chi connectivity index (χ0v) is 11.4. The second-order valence-electron chi connectivity index (χ2n) is 6.71. The Morgan fingerprint density at radius 1 is 1.17 bits per heavy atom. The van der Waals surface area contributed by atoms with Crippen LogP contribution in [-0.4, -0.2) is 37.0 Å². The highest BCUT2D eigenvalue weighted by Gasteiger charge is 2.43. The quantitative estimate of drug-likeness (QED) is 0.814.